The number of aliphatic hydroxyl groups is 1. The van der Waals surface area contributed by atoms with E-state index in [0.717, 1.165) is 0 Å². The van der Waals surface area contributed by atoms with Crippen molar-refractivity contribution < 1.29 is 23.1 Å². The van der Waals surface area contributed by atoms with Gasteiger partial charge >= 0.3 is 5.97 Å². The topological polar surface area (TPSA) is 87.2 Å². The van der Waals surface area contributed by atoms with E-state index in [1.165, 1.54) is 8.61 Å². The summed E-state index contributed by atoms with van der Waals surface area (Å²) in [6.07, 6.45) is 1.18. The van der Waals surface area contributed by atoms with Crippen LogP contribution in [-0.4, -0.2) is 67.0 Å². The zero-order valence-electron chi connectivity index (χ0n) is 11.0. The van der Waals surface area contributed by atoms with Crippen LogP contribution in [0.15, 0.2) is 0 Å². The maximum Gasteiger partial charge on any atom is 0.324 e. The SMILES string of the molecule is CCOC(=O)C1CCCN1S(=O)(=O)N1CC(CO)C1. The Morgan fingerprint density at radius 1 is 1.42 bits per heavy atom. The van der Waals surface area contributed by atoms with Gasteiger partial charge in [0.2, 0.25) is 0 Å². The standard InChI is InChI=1S/C11H20N2O5S/c1-2-18-11(15)10-4-3-5-13(10)19(16,17)12-6-9(7-12)8-14/h9-10,14H,2-8H2,1H3. The molecule has 0 aliphatic carbocycles. The molecule has 2 fully saturated rings. The molecule has 19 heavy (non-hydrogen) atoms. The molecule has 0 bridgehead atoms. The fourth-order valence-electron chi connectivity index (χ4n) is 2.46. The van der Waals surface area contributed by atoms with Crippen molar-refractivity contribution in [3.63, 3.8) is 0 Å². The van der Waals surface area contributed by atoms with Crippen molar-refractivity contribution in [2.75, 3.05) is 32.8 Å². The average Bonchev–Trinajstić information content (AvgIpc) is 2.77. The van der Waals surface area contributed by atoms with Gasteiger partial charge in [-0.25, -0.2) is 0 Å². The second kappa shape index (κ2) is 5.74. The zero-order valence-corrected chi connectivity index (χ0v) is 11.8. The first-order valence-corrected chi connectivity index (χ1v) is 7.94. The summed E-state index contributed by atoms with van der Waals surface area (Å²) in [6, 6.07) is -0.696. The average molecular weight is 292 g/mol. The summed E-state index contributed by atoms with van der Waals surface area (Å²) in [5, 5.41) is 8.94. The van der Waals surface area contributed by atoms with Gasteiger partial charge < -0.3 is 9.84 Å². The van der Waals surface area contributed by atoms with Crippen molar-refractivity contribution in [1.29, 1.82) is 0 Å². The number of aliphatic hydroxyl groups excluding tert-OH is 1. The van der Waals surface area contributed by atoms with Crippen molar-refractivity contribution in [3.05, 3.63) is 0 Å². The molecule has 0 spiro atoms. The lowest BCUT2D eigenvalue weighted by molar-refractivity contribution is -0.147. The minimum atomic E-state index is -3.60. The summed E-state index contributed by atoms with van der Waals surface area (Å²) in [7, 11) is -3.60. The van der Waals surface area contributed by atoms with Crippen LogP contribution in [0.2, 0.25) is 0 Å². The molecule has 7 nitrogen and oxygen atoms in total. The highest BCUT2D eigenvalue weighted by atomic mass is 32.2. The van der Waals surface area contributed by atoms with Crippen LogP contribution in [0, 0.1) is 5.92 Å². The predicted octanol–water partition coefficient (Wildman–Crippen LogP) is -0.817. The molecule has 110 valence electrons. The van der Waals surface area contributed by atoms with Gasteiger partial charge in [0, 0.05) is 32.2 Å². The lowest BCUT2D eigenvalue weighted by atomic mass is 10.1. The van der Waals surface area contributed by atoms with E-state index in [4.69, 9.17) is 9.84 Å². The van der Waals surface area contributed by atoms with E-state index in [9.17, 15) is 13.2 Å². The summed E-state index contributed by atoms with van der Waals surface area (Å²) in [5.41, 5.74) is 0. The molecule has 1 N–H and O–H groups in total. The normalized spacial score (nSPS) is 26.3. The van der Waals surface area contributed by atoms with Gasteiger partial charge in [0.05, 0.1) is 6.61 Å². The Hall–Kier alpha value is -0.700. The zero-order chi connectivity index (χ0) is 14.0. The van der Waals surface area contributed by atoms with E-state index in [0.29, 0.717) is 32.5 Å². The minimum Gasteiger partial charge on any atom is -0.465 e. The van der Waals surface area contributed by atoms with Gasteiger partial charge in [0.15, 0.2) is 0 Å². The third-order valence-electron chi connectivity index (χ3n) is 3.57. The van der Waals surface area contributed by atoms with Crippen molar-refractivity contribution >= 4 is 16.2 Å². The summed E-state index contributed by atoms with van der Waals surface area (Å²) in [6.45, 7) is 2.95. The summed E-state index contributed by atoms with van der Waals surface area (Å²) in [4.78, 5) is 11.8. The lowest BCUT2D eigenvalue weighted by Crippen LogP contribution is -2.57. The quantitative estimate of drug-likeness (QED) is 0.669. The van der Waals surface area contributed by atoms with E-state index in [1.807, 2.05) is 0 Å². The monoisotopic (exact) mass is 292 g/mol. The van der Waals surface area contributed by atoms with Crippen LogP contribution in [-0.2, 0) is 19.7 Å². The maximum atomic E-state index is 12.4. The van der Waals surface area contributed by atoms with E-state index in [-0.39, 0.29) is 19.1 Å². The molecule has 2 aliphatic heterocycles. The molecule has 0 saturated carbocycles. The van der Waals surface area contributed by atoms with Crippen LogP contribution in [0.3, 0.4) is 0 Å². The van der Waals surface area contributed by atoms with Crippen LogP contribution in [0.1, 0.15) is 19.8 Å². The Morgan fingerprint density at radius 2 is 2.11 bits per heavy atom. The molecule has 2 rings (SSSR count). The molecule has 0 aromatic rings. The molecule has 0 radical (unpaired) electrons. The first-order valence-electron chi connectivity index (χ1n) is 6.55. The molecular weight excluding hydrogens is 272 g/mol. The first kappa shape index (κ1) is 14.7. The minimum absolute atomic E-state index is 0.00662. The molecule has 8 heteroatoms. The Labute approximate surface area is 113 Å². The number of hydrogen-bond acceptors (Lipinski definition) is 5. The van der Waals surface area contributed by atoms with Gasteiger partial charge in [-0.15, -0.1) is 0 Å². The first-order chi connectivity index (χ1) is 9.00. The highest BCUT2D eigenvalue weighted by molar-refractivity contribution is 7.86. The number of rotatable bonds is 5. The molecule has 0 aromatic heterocycles. The van der Waals surface area contributed by atoms with Gasteiger partial charge in [-0.3, -0.25) is 4.79 Å². The largest absolute Gasteiger partial charge is 0.465 e. The summed E-state index contributed by atoms with van der Waals surface area (Å²) >= 11 is 0. The number of hydrogen-bond donors (Lipinski definition) is 1. The van der Waals surface area contributed by atoms with Gasteiger partial charge in [-0.2, -0.15) is 17.0 Å². The highest BCUT2D eigenvalue weighted by Gasteiger charge is 2.45. The third-order valence-corrected chi connectivity index (χ3v) is 5.55. The lowest BCUT2D eigenvalue weighted by Gasteiger charge is -2.40. The molecule has 1 unspecified atom stereocenters. The van der Waals surface area contributed by atoms with Crippen LogP contribution < -0.4 is 0 Å². The van der Waals surface area contributed by atoms with Crippen molar-refractivity contribution in [2.45, 2.75) is 25.8 Å². The molecule has 2 aliphatic rings. The van der Waals surface area contributed by atoms with E-state index in [1.54, 1.807) is 6.92 Å². The smallest absolute Gasteiger partial charge is 0.324 e. The van der Waals surface area contributed by atoms with Gasteiger partial charge in [0.1, 0.15) is 6.04 Å². The predicted molar refractivity (Wildman–Crippen MR) is 67.4 cm³/mol. The third kappa shape index (κ3) is 2.76. The molecule has 2 heterocycles. The fourth-order valence-corrected chi connectivity index (χ4v) is 4.43. The van der Waals surface area contributed by atoms with Gasteiger partial charge in [-0.05, 0) is 19.8 Å². The molecule has 2 saturated heterocycles. The number of nitrogens with zero attached hydrogens (tertiary/aromatic N) is 2. The number of carbonyl (C=O) groups is 1. The highest BCUT2D eigenvalue weighted by Crippen LogP contribution is 2.28. The van der Waals surface area contributed by atoms with Crippen molar-refractivity contribution in [1.82, 2.24) is 8.61 Å². The molecule has 1 atom stereocenters. The van der Waals surface area contributed by atoms with Crippen molar-refractivity contribution in [3.8, 4) is 0 Å². The Balaban J connectivity index is 2.05. The fraction of sp³-hybridized carbons (Fsp3) is 0.909. The molecule has 0 amide bonds. The maximum absolute atomic E-state index is 12.4. The van der Waals surface area contributed by atoms with Gasteiger partial charge in [0.25, 0.3) is 10.2 Å². The van der Waals surface area contributed by atoms with Crippen molar-refractivity contribution in [2.24, 2.45) is 5.92 Å². The second-order valence-corrected chi connectivity index (χ2v) is 6.78. The molecular formula is C11H20N2O5S. The van der Waals surface area contributed by atoms with E-state index >= 15 is 0 Å². The van der Waals surface area contributed by atoms with Crippen LogP contribution in [0.5, 0.6) is 0 Å². The Morgan fingerprint density at radius 3 is 2.68 bits per heavy atom. The number of carbonyl (C=O) groups excluding carboxylic acids is 1. The Kier molecular flexibility index (Phi) is 4.44. The van der Waals surface area contributed by atoms with Crippen LogP contribution in [0.4, 0.5) is 0 Å². The van der Waals surface area contributed by atoms with Crippen LogP contribution >= 0.6 is 0 Å². The summed E-state index contributed by atoms with van der Waals surface area (Å²) in [5.74, 6) is -0.457. The summed E-state index contributed by atoms with van der Waals surface area (Å²) < 4.78 is 32.2. The molecule has 0 aromatic carbocycles. The van der Waals surface area contributed by atoms with Crippen LogP contribution in [0.25, 0.3) is 0 Å². The second-order valence-electron chi connectivity index (χ2n) is 4.89. The van der Waals surface area contributed by atoms with E-state index in [2.05, 4.69) is 0 Å². The number of esters is 1. The Bertz CT molecular complexity index is 432. The van der Waals surface area contributed by atoms with E-state index < -0.39 is 22.2 Å². The number of ether oxygens (including phenoxy) is 1. The van der Waals surface area contributed by atoms with Gasteiger partial charge in [-0.1, -0.05) is 0 Å².